The SMILES string of the molecule is O=C1OC(C(O)CO)C(=O)C1=O.O=C1OC(C(O)CO)C(O)=C1O.O=C1OC(C(O)CO)C(O)C1=O. The van der Waals surface area contributed by atoms with E-state index < -0.39 is 109 Å². The fourth-order valence-corrected chi connectivity index (χ4v) is 2.53. The Labute approximate surface area is 199 Å². The van der Waals surface area contributed by atoms with Gasteiger partial charge >= 0.3 is 23.7 Å². The Morgan fingerprint density at radius 2 is 1.11 bits per heavy atom. The summed E-state index contributed by atoms with van der Waals surface area (Å²) in [5.74, 6) is -8.72. The molecule has 36 heavy (non-hydrogen) atoms. The van der Waals surface area contributed by atoms with Gasteiger partial charge in [-0.1, -0.05) is 0 Å². The van der Waals surface area contributed by atoms with E-state index in [-0.39, 0.29) is 0 Å². The fraction of sp³-hybridized carbons (Fsp3) is 0.556. The number of Topliss-reactive ketones (excluding diaryl/α,β-unsaturated/α-hetero) is 3. The molecule has 0 saturated carbocycles. The lowest BCUT2D eigenvalue weighted by Crippen LogP contribution is -2.38. The Balaban J connectivity index is 0.000000270. The van der Waals surface area contributed by atoms with Crippen molar-refractivity contribution in [3.8, 4) is 0 Å². The number of ketones is 3. The highest BCUT2D eigenvalue weighted by Crippen LogP contribution is 2.21. The maximum atomic E-state index is 10.7. The molecule has 3 aliphatic rings. The third-order valence-electron chi connectivity index (χ3n) is 4.50. The molecule has 7 unspecified atom stereocenters. The van der Waals surface area contributed by atoms with Crippen molar-refractivity contribution in [3.05, 3.63) is 11.5 Å². The molecule has 0 aromatic carbocycles. The Kier molecular flexibility index (Phi) is 11.0. The van der Waals surface area contributed by atoms with Gasteiger partial charge in [0.2, 0.25) is 5.76 Å². The standard InChI is InChI=1S/2C6H8O6.C6H6O6/c3*7-1-2(8)5-3(9)4(10)6(11)12-5/h2,5,7-10H,1H2;2-3,5,7-9H,1H2;2,5,7-8H,1H2. The fourth-order valence-electron chi connectivity index (χ4n) is 2.53. The number of aliphatic hydroxyl groups excluding tert-OH is 9. The minimum absolute atomic E-state index is 0.671. The topological polar surface area (TPSA) is 312 Å². The highest BCUT2D eigenvalue weighted by Gasteiger charge is 2.46. The summed E-state index contributed by atoms with van der Waals surface area (Å²) in [5, 5.41) is 78.6. The lowest BCUT2D eigenvalue weighted by Gasteiger charge is -2.15. The van der Waals surface area contributed by atoms with Gasteiger partial charge in [-0.05, 0) is 0 Å². The summed E-state index contributed by atoms with van der Waals surface area (Å²) >= 11 is 0. The van der Waals surface area contributed by atoms with Crippen LogP contribution in [0, 0.1) is 0 Å². The predicted octanol–water partition coefficient (Wildman–Crippen LogP) is -6.81. The molecule has 3 aliphatic heterocycles. The average Bonchev–Trinajstić information content (AvgIpc) is 3.40. The van der Waals surface area contributed by atoms with Crippen molar-refractivity contribution in [1.29, 1.82) is 0 Å². The third kappa shape index (κ3) is 6.79. The summed E-state index contributed by atoms with van der Waals surface area (Å²) in [7, 11) is 0. The molecule has 0 aliphatic carbocycles. The maximum Gasteiger partial charge on any atom is 0.383 e. The highest BCUT2D eigenvalue weighted by atomic mass is 16.6. The van der Waals surface area contributed by atoms with Crippen LogP contribution in [0.2, 0.25) is 0 Å². The molecule has 18 heteroatoms. The average molecular weight is 526 g/mol. The van der Waals surface area contributed by atoms with E-state index in [2.05, 4.69) is 14.2 Å². The number of rotatable bonds is 6. The molecule has 3 rings (SSSR count). The van der Waals surface area contributed by atoms with E-state index in [9.17, 15) is 28.8 Å². The summed E-state index contributed by atoms with van der Waals surface area (Å²) < 4.78 is 12.8. The predicted molar refractivity (Wildman–Crippen MR) is 102 cm³/mol. The van der Waals surface area contributed by atoms with Crippen molar-refractivity contribution in [3.63, 3.8) is 0 Å². The van der Waals surface area contributed by atoms with Gasteiger partial charge in [-0.2, -0.15) is 0 Å². The molecule has 7 atom stereocenters. The minimum atomic E-state index is -1.67. The first-order valence-electron chi connectivity index (χ1n) is 9.65. The number of cyclic esters (lactones) is 3. The normalized spacial score (nSPS) is 27.9. The third-order valence-corrected chi connectivity index (χ3v) is 4.50. The van der Waals surface area contributed by atoms with Gasteiger partial charge in [0.05, 0.1) is 19.8 Å². The summed E-state index contributed by atoms with van der Waals surface area (Å²) in [6.45, 7) is -2.09. The number of aliphatic hydroxyl groups is 9. The van der Waals surface area contributed by atoms with E-state index in [1.54, 1.807) is 0 Å². The number of hydrogen-bond donors (Lipinski definition) is 9. The smallest absolute Gasteiger partial charge is 0.383 e. The van der Waals surface area contributed by atoms with Crippen LogP contribution < -0.4 is 0 Å². The summed E-state index contributed by atoms with van der Waals surface area (Å²) in [5.41, 5.74) is 0. The zero-order chi connectivity index (χ0) is 27.9. The molecule has 2 fully saturated rings. The van der Waals surface area contributed by atoms with Crippen LogP contribution in [0.25, 0.3) is 0 Å². The number of carbonyl (C=O) groups is 6. The molecule has 0 bridgehead atoms. The van der Waals surface area contributed by atoms with Crippen LogP contribution >= 0.6 is 0 Å². The molecule has 18 nitrogen and oxygen atoms in total. The van der Waals surface area contributed by atoms with E-state index in [1.807, 2.05) is 0 Å². The Morgan fingerprint density at radius 3 is 1.44 bits per heavy atom. The van der Waals surface area contributed by atoms with Crippen LogP contribution in [-0.4, -0.2) is 144 Å². The second kappa shape index (κ2) is 13.0. The van der Waals surface area contributed by atoms with E-state index in [0.717, 1.165) is 0 Å². The molecule has 202 valence electrons. The molecule has 0 amide bonds. The van der Waals surface area contributed by atoms with Crippen LogP contribution in [0.4, 0.5) is 0 Å². The van der Waals surface area contributed by atoms with Crippen LogP contribution in [0.1, 0.15) is 0 Å². The second-order valence-corrected chi connectivity index (χ2v) is 7.01. The van der Waals surface area contributed by atoms with Crippen molar-refractivity contribution in [2.45, 2.75) is 42.7 Å². The first kappa shape index (κ1) is 30.5. The lowest BCUT2D eigenvalue weighted by atomic mass is 10.1. The van der Waals surface area contributed by atoms with Crippen molar-refractivity contribution < 1.29 is 88.9 Å². The van der Waals surface area contributed by atoms with Gasteiger partial charge < -0.3 is 60.2 Å². The molecular weight excluding hydrogens is 504 g/mol. The molecule has 0 spiro atoms. The quantitative estimate of drug-likeness (QED) is 0.0881. The molecule has 2 saturated heterocycles. The number of ether oxygens (including phenoxy) is 3. The summed E-state index contributed by atoms with van der Waals surface area (Å²) in [4.78, 5) is 63.3. The first-order chi connectivity index (χ1) is 16.7. The van der Waals surface area contributed by atoms with Gasteiger partial charge in [-0.15, -0.1) is 0 Å². The monoisotopic (exact) mass is 526 g/mol. The number of hydrogen-bond acceptors (Lipinski definition) is 18. The number of esters is 3. The Hall–Kier alpha value is -3.52. The maximum absolute atomic E-state index is 10.7. The van der Waals surface area contributed by atoms with Crippen molar-refractivity contribution in [1.82, 2.24) is 0 Å². The van der Waals surface area contributed by atoms with Crippen LogP contribution in [0.15, 0.2) is 11.5 Å². The van der Waals surface area contributed by atoms with Crippen LogP contribution in [0.3, 0.4) is 0 Å². The second-order valence-electron chi connectivity index (χ2n) is 7.01. The van der Waals surface area contributed by atoms with Gasteiger partial charge in [0, 0.05) is 0 Å². The zero-order valence-corrected chi connectivity index (χ0v) is 17.9. The van der Waals surface area contributed by atoms with Gasteiger partial charge in [0.15, 0.2) is 30.2 Å². The zero-order valence-electron chi connectivity index (χ0n) is 17.9. The van der Waals surface area contributed by atoms with Gasteiger partial charge in [0.1, 0.15) is 18.3 Å². The molecule has 3 heterocycles. The van der Waals surface area contributed by atoms with E-state index in [1.165, 1.54) is 0 Å². The lowest BCUT2D eigenvalue weighted by molar-refractivity contribution is -0.152. The summed E-state index contributed by atoms with van der Waals surface area (Å²) in [6.07, 6.45) is -10.3. The number of carbonyl (C=O) groups excluding carboxylic acids is 6. The van der Waals surface area contributed by atoms with Crippen molar-refractivity contribution >= 4 is 35.3 Å². The van der Waals surface area contributed by atoms with Gasteiger partial charge in [-0.25, -0.2) is 14.4 Å². The molecule has 0 aromatic heterocycles. The molecule has 0 aromatic rings. The first-order valence-corrected chi connectivity index (χ1v) is 9.65. The highest BCUT2D eigenvalue weighted by molar-refractivity contribution is 6.65. The van der Waals surface area contributed by atoms with Crippen molar-refractivity contribution in [2.75, 3.05) is 19.8 Å². The minimum Gasteiger partial charge on any atom is -0.505 e. The van der Waals surface area contributed by atoms with Crippen LogP contribution in [0.5, 0.6) is 0 Å². The van der Waals surface area contributed by atoms with E-state index >= 15 is 0 Å². The van der Waals surface area contributed by atoms with Gasteiger partial charge in [-0.3, -0.25) is 14.4 Å². The Bertz CT molecular complexity index is 913. The Morgan fingerprint density at radius 1 is 0.639 bits per heavy atom. The van der Waals surface area contributed by atoms with E-state index in [0.29, 0.717) is 0 Å². The molecule has 0 radical (unpaired) electrons. The molecule has 9 N–H and O–H groups in total. The molecular formula is C18H22O18. The van der Waals surface area contributed by atoms with Crippen molar-refractivity contribution in [2.24, 2.45) is 0 Å². The van der Waals surface area contributed by atoms with E-state index in [4.69, 9.17) is 46.0 Å². The van der Waals surface area contributed by atoms with Gasteiger partial charge in [0.25, 0.3) is 11.6 Å². The largest absolute Gasteiger partial charge is 0.505 e. The van der Waals surface area contributed by atoms with Crippen LogP contribution in [-0.2, 0) is 43.0 Å². The summed E-state index contributed by atoms with van der Waals surface area (Å²) in [6, 6.07) is 0.